The van der Waals surface area contributed by atoms with Crippen molar-refractivity contribution in [2.24, 2.45) is 11.8 Å². The van der Waals surface area contributed by atoms with Crippen LogP contribution in [0.2, 0.25) is 0 Å². The molecule has 0 N–H and O–H groups in total. The van der Waals surface area contributed by atoms with Crippen molar-refractivity contribution in [1.82, 2.24) is 0 Å². The van der Waals surface area contributed by atoms with E-state index in [1.165, 1.54) is 12.1 Å². The smallest absolute Gasteiger partial charge is 0.274 e. The Kier molecular flexibility index (Phi) is 3.11. The summed E-state index contributed by atoms with van der Waals surface area (Å²) in [4.78, 5) is 25.5. The first kappa shape index (κ1) is 13.9. The van der Waals surface area contributed by atoms with Gasteiger partial charge in [-0.15, -0.1) is 0 Å². The molecule has 1 aromatic rings. The van der Waals surface area contributed by atoms with E-state index < -0.39 is 35.4 Å². The molecule has 1 aromatic carbocycles. The van der Waals surface area contributed by atoms with Crippen LogP contribution in [0, 0.1) is 11.8 Å². The van der Waals surface area contributed by atoms with Crippen LogP contribution in [-0.2, 0) is 15.8 Å². The normalized spacial score (nSPS) is 25.4. The van der Waals surface area contributed by atoms with Gasteiger partial charge in [-0.05, 0) is 31.0 Å². The Morgan fingerprint density at radius 3 is 2.10 bits per heavy atom. The molecule has 0 spiro atoms. The Bertz CT molecular complexity index is 610. The number of alkyl halides is 3. The second kappa shape index (κ2) is 4.72. The number of carbonyl (C=O) groups excluding carboxylic acids is 2. The monoisotopic (exact) mass is 295 g/mol. The average molecular weight is 295 g/mol. The predicted molar refractivity (Wildman–Crippen MR) is 69.3 cm³/mol. The maximum atomic E-state index is 12.7. The standard InChI is InChI=1S/C15H12F3NO2/c16-15(17,18)9-4-3-5-10(8-9)19-13(20)11-6-1-2-7-12(11)14(19)21/h1-5,8,11-12H,6-7H2. The molecule has 2 unspecified atom stereocenters. The number of anilines is 1. The minimum atomic E-state index is -4.50. The molecule has 6 heteroatoms. The molecule has 1 aliphatic heterocycles. The van der Waals surface area contributed by atoms with Crippen LogP contribution in [0.1, 0.15) is 18.4 Å². The maximum absolute atomic E-state index is 12.7. The third-order valence-electron chi connectivity index (χ3n) is 3.94. The Morgan fingerprint density at radius 1 is 1.00 bits per heavy atom. The highest BCUT2D eigenvalue weighted by Gasteiger charge is 2.48. The van der Waals surface area contributed by atoms with Gasteiger partial charge >= 0.3 is 6.18 Å². The van der Waals surface area contributed by atoms with Gasteiger partial charge in [0, 0.05) is 0 Å². The van der Waals surface area contributed by atoms with Gasteiger partial charge in [0.25, 0.3) is 0 Å². The molecule has 1 fully saturated rings. The summed E-state index contributed by atoms with van der Waals surface area (Å²) in [6.45, 7) is 0. The van der Waals surface area contributed by atoms with Gasteiger partial charge in [0.1, 0.15) is 0 Å². The highest BCUT2D eigenvalue weighted by molar-refractivity contribution is 6.22. The van der Waals surface area contributed by atoms with E-state index in [-0.39, 0.29) is 5.69 Å². The highest BCUT2D eigenvalue weighted by Crippen LogP contribution is 2.39. The molecular weight excluding hydrogens is 283 g/mol. The average Bonchev–Trinajstić information content (AvgIpc) is 2.71. The van der Waals surface area contributed by atoms with E-state index in [1.807, 2.05) is 12.2 Å². The summed E-state index contributed by atoms with van der Waals surface area (Å²) in [5.41, 5.74) is -0.872. The maximum Gasteiger partial charge on any atom is 0.416 e. The predicted octanol–water partition coefficient (Wildman–Crippen LogP) is 3.16. The minimum Gasteiger partial charge on any atom is -0.274 e. The van der Waals surface area contributed by atoms with Gasteiger partial charge in [0.15, 0.2) is 0 Å². The molecule has 0 bridgehead atoms. The van der Waals surface area contributed by atoms with Gasteiger partial charge in [-0.2, -0.15) is 13.2 Å². The summed E-state index contributed by atoms with van der Waals surface area (Å²) < 4.78 is 38.2. The molecule has 2 amide bonds. The first-order chi connectivity index (χ1) is 9.89. The first-order valence-electron chi connectivity index (χ1n) is 6.59. The molecule has 0 saturated carbocycles. The number of hydrogen-bond acceptors (Lipinski definition) is 2. The third kappa shape index (κ3) is 2.24. The lowest BCUT2D eigenvalue weighted by molar-refractivity contribution is -0.137. The van der Waals surface area contributed by atoms with Crippen molar-refractivity contribution in [2.45, 2.75) is 19.0 Å². The molecular formula is C15H12F3NO2. The fourth-order valence-corrected chi connectivity index (χ4v) is 2.88. The Labute approximate surface area is 119 Å². The number of nitrogens with zero attached hydrogens (tertiary/aromatic N) is 1. The molecule has 0 aromatic heterocycles. The summed E-state index contributed by atoms with van der Waals surface area (Å²) in [5, 5.41) is 0. The molecule has 3 nitrogen and oxygen atoms in total. The zero-order chi connectivity index (χ0) is 15.2. The molecule has 1 heterocycles. The summed E-state index contributed by atoms with van der Waals surface area (Å²) in [6.07, 6.45) is 0.0928. The Balaban J connectivity index is 1.98. The van der Waals surface area contributed by atoms with Crippen LogP contribution in [0.5, 0.6) is 0 Å². The molecule has 3 rings (SSSR count). The molecule has 0 radical (unpaired) electrons. The lowest BCUT2D eigenvalue weighted by Gasteiger charge is -2.16. The van der Waals surface area contributed by atoms with Crippen LogP contribution in [0.15, 0.2) is 36.4 Å². The van der Waals surface area contributed by atoms with E-state index in [0.29, 0.717) is 12.8 Å². The van der Waals surface area contributed by atoms with Crippen LogP contribution >= 0.6 is 0 Å². The summed E-state index contributed by atoms with van der Waals surface area (Å²) in [6, 6.07) is 4.33. The number of imide groups is 1. The first-order valence-corrected chi connectivity index (χ1v) is 6.59. The SMILES string of the molecule is O=C1C2CC=CCC2C(=O)N1c1cccc(C(F)(F)F)c1. The van der Waals surface area contributed by atoms with Crippen molar-refractivity contribution in [1.29, 1.82) is 0 Å². The lowest BCUT2D eigenvalue weighted by atomic mass is 9.85. The molecule has 1 aliphatic carbocycles. The van der Waals surface area contributed by atoms with Crippen molar-refractivity contribution >= 4 is 17.5 Å². The number of allylic oxidation sites excluding steroid dienone is 2. The van der Waals surface area contributed by atoms with E-state index in [0.717, 1.165) is 17.0 Å². The van der Waals surface area contributed by atoms with Crippen LogP contribution in [0.3, 0.4) is 0 Å². The zero-order valence-electron chi connectivity index (χ0n) is 10.9. The van der Waals surface area contributed by atoms with Crippen molar-refractivity contribution in [3.8, 4) is 0 Å². The van der Waals surface area contributed by atoms with Gasteiger partial charge in [0.2, 0.25) is 11.8 Å². The van der Waals surface area contributed by atoms with Gasteiger partial charge in [-0.1, -0.05) is 18.2 Å². The number of halogens is 3. The quantitative estimate of drug-likeness (QED) is 0.589. The Hall–Kier alpha value is -2.11. The molecule has 2 atom stereocenters. The van der Waals surface area contributed by atoms with Crippen LogP contribution in [0.4, 0.5) is 18.9 Å². The Morgan fingerprint density at radius 2 is 1.57 bits per heavy atom. The van der Waals surface area contributed by atoms with Crippen LogP contribution in [-0.4, -0.2) is 11.8 Å². The zero-order valence-corrected chi connectivity index (χ0v) is 10.9. The van der Waals surface area contributed by atoms with Gasteiger partial charge in [0.05, 0.1) is 23.1 Å². The molecule has 1 saturated heterocycles. The van der Waals surface area contributed by atoms with E-state index in [9.17, 15) is 22.8 Å². The highest BCUT2D eigenvalue weighted by atomic mass is 19.4. The van der Waals surface area contributed by atoms with Gasteiger partial charge in [-0.25, -0.2) is 0 Å². The lowest BCUT2D eigenvalue weighted by Crippen LogP contribution is -2.31. The number of rotatable bonds is 1. The topological polar surface area (TPSA) is 37.4 Å². The van der Waals surface area contributed by atoms with Crippen LogP contribution in [0.25, 0.3) is 0 Å². The number of fused-ring (bicyclic) bond motifs is 1. The van der Waals surface area contributed by atoms with Crippen molar-refractivity contribution in [2.75, 3.05) is 4.90 Å². The fraction of sp³-hybridized carbons (Fsp3) is 0.333. The third-order valence-corrected chi connectivity index (χ3v) is 3.94. The molecule has 21 heavy (non-hydrogen) atoms. The molecule has 110 valence electrons. The summed E-state index contributed by atoms with van der Waals surface area (Å²) in [7, 11) is 0. The largest absolute Gasteiger partial charge is 0.416 e. The van der Waals surface area contributed by atoms with E-state index in [1.54, 1.807) is 0 Å². The van der Waals surface area contributed by atoms with Gasteiger partial charge in [-0.3, -0.25) is 14.5 Å². The summed E-state index contributed by atoms with van der Waals surface area (Å²) >= 11 is 0. The number of hydrogen-bond donors (Lipinski definition) is 0. The van der Waals surface area contributed by atoms with E-state index in [2.05, 4.69) is 0 Å². The number of carbonyl (C=O) groups is 2. The molecule has 2 aliphatic rings. The second-order valence-electron chi connectivity index (χ2n) is 5.22. The van der Waals surface area contributed by atoms with Crippen molar-refractivity contribution in [3.05, 3.63) is 42.0 Å². The number of amides is 2. The number of benzene rings is 1. The minimum absolute atomic E-state index is 0.00535. The summed E-state index contributed by atoms with van der Waals surface area (Å²) in [5.74, 6) is -1.71. The van der Waals surface area contributed by atoms with Crippen LogP contribution < -0.4 is 4.90 Å². The van der Waals surface area contributed by atoms with E-state index in [4.69, 9.17) is 0 Å². The fourth-order valence-electron chi connectivity index (χ4n) is 2.88. The van der Waals surface area contributed by atoms with Gasteiger partial charge < -0.3 is 0 Å². The van der Waals surface area contributed by atoms with Crippen molar-refractivity contribution in [3.63, 3.8) is 0 Å². The second-order valence-corrected chi connectivity index (χ2v) is 5.22. The van der Waals surface area contributed by atoms with E-state index >= 15 is 0 Å². The van der Waals surface area contributed by atoms with Crippen molar-refractivity contribution < 1.29 is 22.8 Å².